The summed E-state index contributed by atoms with van der Waals surface area (Å²) in [5.41, 5.74) is 0.375. The number of hydrogen-bond acceptors (Lipinski definition) is 5. The topological polar surface area (TPSA) is 88.4 Å². The van der Waals surface area contributed by atoms with Crippen LogP contribution in [0, 0.1) is 11.3 Å². The van der Waals surface area contributed by atoms with E-state index in [9.17, 15) is 22.8 Å². The van der Waals surface area contributed by atoms with Crippen LogP contribution in [-0.2, 0) is 14.3 Å². The molecular formula is C19H12ClF3N2O4. The highest BCUT2D eigenvalue weighted by atomic mass is 35.5. The fraction of sp³-hybridized carbons (Fsp3) is 0.105. The van der Waals surface area contributed by atoms with Crippen LogP contribution in [0.2, 0.25) is 5.02 Å². The number of benzene rings is 2. The third-order valence-electron chi connectivity index (χ3n) is 3.23. The summed E-state index contributed by atoms with van der Waals surface area (Å²) in [6, 6.07) is 12.4. The summed E-state index contributed by atoms with van der Waals surface area (Å²) in [6.07, 6.45) is -3.55. The van der Waals surface area contributed by atoms with Crippen molar-refractivity contribution in [2.24, 2.45) is 0 Å². The van der Waals surface area contributed by atoms with Gasteiger partial charge in [0.1, 0.15) is 17.4 Å². The van der Waals surface area contributed by atoms with Crippen LogP contribution < -0.4 is 10.1 Å². The normalized spacial score (nSPS) is 11.3. The van der Waals surface area contributed by atoms with Crippen LogP contribution in [0.1, 0.15) is 5.56 Å². The molecule has 0 radical (unpaired) electrons. The number of ether oxygens (including phenoxy) is 2. The molecule has 6 nitrogen and oxygen atoms in total. The summed E-state index contributed by atoms with van der Waals surface area (Å²) in [6.45, 7) is -0.695. The van der Waals surface area contributed by atoms with E-state index in [2.05, 4.69) is 10.1 Å². The summed E-state index contributed by atoms with van der Waals surface area (Å²) < 4.78 is 44.8. The van der Waals surface area contributed by atoms with Gasteiger partial charge in [-0.2, -0.15) is 5.26 Å². The first-order valence-corrected chi connectivity index (χ1v) is 8.24. The van der Waals surface area contributed by atoms with Gasteiger partial charge in [-0.25, -0.2) is 4.79 Å². The zero-order valence-electron chi connectivity index (χ0n) is 14.5. The highest BCUT2D eigenvalue weighted by molar-refractivity contribution is 6.30. The monoisotopic (exact) mass is 424 g/mol. The molecule has 0 heterocycles. The number of anilines is 1. The third kappa shape index (κ3) is 7.56. The Kier molecular flexibility index (Phi) is 7.22. The second-order valence-corrected chi connectivity index (χ2v) is 5.85. The van der Waals surface area contributed by atoms with E-state index in [0.29, 0.717) is 10.6 Å². The molecule has 1 amide bonds. The van der Waals surface area contributed by atoms with Gasteiger partial charge in [0.2, 0.25) is 0 Å². The van der Waals surface area contributed by atoms with Crippen LogP contribution in [0.5, 0.6) is 5.75 Å². The number of alkyl halides is 3. The van der Waals surface area contributed by atoms with Crippen LogP contribution >= 0.6 is 11.6 Å². The molecule has 0 unspecified atom stereocenters. The van der Waals surface area contributed by atoms with Gasteiger partial charge in [-0.15, -0.1) is 13.2 Å². The Bertz CT molecular complexity index is 949. The van der Waals surface area contributed by atoms with Gasteiger partial charge >= 0.3 is 12.3 Å². The molecule has 2 aromatic rings. The molecule has 10 heteroatoms. The van der Waals surface area contributed by atoms with Crippen LogP contribution in [0.15, 0.2) is 54.1 Å². The van der Waals surface area contributed by atoms with E-state index in [4.69, 9.17) is 21.6 Å². The summed E-state index contributed by atoms with van der Waals surface area (Å²) in [5.74, 6) is -2.20. The van der Waals surface area contributed by atoms with Crippen molar-refractivity contribution < 1.29 is 32.2 Å². The number of carbonyl (C=O) groups excluding carboxylic acids is 2. The van der Waals surface area contributed by atoms with Crippen LogP contribution in [0.25, 0.3) is 6.08 Å². The van der Waals surface area contributed by atoms with Gasteiger partial charge in [0.05, 0.1) is 0 Å². The van der Waals surface area contributed by atoms with Crippen molar-refractivity contribution in [3.8, 4) is 11.8 Å². The van der Waals surface area contributed by atoms with Gasteiger partial charge in [0.15, 0.2) is 6.61 Å². The number of nitrogens with zero attached hydrogens (tertiary/aromatic N) is 1. The number of rotatable bonds is 6. The molecule has 0 aromatic heterocycles. The Balaban J connectivity index is 1.90. The Morgan fingerprint density at radius 2 is 1.72 bits per heavy atom. The predicted molar refractivity (Wildman–Crippen MR) is 97.8 cm³/mol. The fourth-order valence-electron chi connectivity index (χ4n) is 2.01. The highest BCUT2D eigenvalue weighted by Crippen LogP contribution is 2.24. The summed E-state index contributed by atoms with van der Waals surface area (Å²) in [4.78, 5) is 23.8. The molecule has 0 aliphatic carbocycles. The van der Waals surface area contributed by atoms with E-state index in [0.717, 1.165) is 12.1 Å². The molecule has 0 spiro atoms. The van der Waals surface area contributed by atoms with Gasteiger partial charge in [0, 0.05) is 10.7 Å². The molecule has 150 valence electrons. The van der Waals surface area contributed by atoms with Crippen molar-refractivity contribution in [2.75, 3.05) is 11.9 Å². The first kappa shape index (κ1) is 21.8. The molecule has 0 aliphatic heterocycles. The van der Waals surface area contributed by atoms with Crippen LogP contribution in [0.4, 0.5) is 18.9 Å². The van der Waals surface area contributed by atoms with Crippen LogP contribution in [0.3, 0.4) is 0 Å². The maximum absolute atomic E-state index is 12.1. The molecule has 2 rings (SSSR count). The number of nitriles is 1. The van der Waals surface area contributed by atoms with E-state index in [-0.39, 0.29) is 11.3 Å². The first-order valence-electron chi connectivity index (χ1n) is 7.86. The lowest BCUT2D eigenvalue weighted by Gasteiger charge is -2.10. The minimum absolute atomic E-state index is 0.165. The van der Waals surface area contributed by atoms with E-state index in [1.807, 2.05) is 0 Å². The molecule has 0 saturated carbocycles. The largest absolute Gasteiger partial charge is 0.573 e. The van der Waals surface area contributed by atoms with E-state index < -0.39 is 30.6 Å². The minimum Gasteiger partial charge on any atom is -0.451 e. The molecule has 0 saturated heterocycles. The zero-order chi connectivity index (χ0) is 21.4. The average Bonchev–Trinajstić information content (AvgIpc) is 2.66. The van der Waals surface area contributed by atoms with Gasteiger partial charge in [-0.05, 0) is 48.0 Å². The van der Waals surface area contributed by atoms with E-state index in [1.54, 1.807) is 30.3 Å². The number of esters is 1. The van der Waals surface area contributed by atoms with E-state index in [1.165, 1.54) is 18.2 Å². The van der Waals surface area contributed by atoms with Gasteiger partial charge in [0.25, 0.3) is 5.91 Å². The molecule has 2 aromatic carbocycles. The quantitative estimate of drug-likeness (QED) is 0.423. The fourth-order valence-corrected chi connectivity index (χ4v) is 2.13. The molecule has 0 aliphatic rings. The predicted octanol–water partition coefficient (Wildman–Crippen LogP) is 4.33. The second-order valence-electron chi connectivity index (χ2n) is 5.42. The lowest BCUT2D eigenvalue weighted by Crippen LogP contribution is -2.21. The smallest absolute Gasteiger partial charge is 0.451 e. The SMILES string of the molecule is N#CC(=Cc1ccc(Cl)cc1)C(=O)OCC(=O)Nc1ccc(OC(F)(F)F)cc1. The van der Waals surface area contributed by atoms with Crippen molar-refractivity contribution in [1.29, 1.82) is 5.26 Å². The standard InChI is InChI=1S/C19H12ClF3N2O4/c20-14-3-1-12(2-4-14)9-13(10-24)18(27)28-11-17(26)25-15-5-7-16(8-6-15)29-19(21,22)23/h1-9H,11H2,(H,25,26). The Morgan fingerprint density at radius 1 is 1.10 bits per heavy atom. The Hall–Kier alpha value is -3.51. The Labute approximate surface area is 168 Å². The lowest BCUT2D eigenvalue weighted by molar-refractivity contribution is -0.274. The van der Waals surface area contributed by atoms with Crippen LogP contribution in [-0.4, -0.2) is 24.8 Å². The summed E-state index contributed by atoms with van der Waals surface area (Å²) in [7, 11) is 0. The highest BCUT2D eigenvalue weighted by Gasteiger charge is 2.30. The minimum atomic E-state index is -4.82. The average molecular weight is 425 g/mol. The Morgan fingerprint density at radius 3 is 2.28 bits per heavy atom. The number of amides is 1. The van der Waals surface area contributed by atoms with Crippen molar-refractivity contribution in [2.45, 2.75) is 6.36 Å². The molecule has 1 N–H and O–H groups in total. The maximum Gasteiger partial charge on any atom is 0.573 e. The van der Waals surface area contributed by atoms with Gasteiger partial charge in [-0.1, -0.05) is 23.7 Å². The number of nitrogens with one attached hydrogen (secondary N) is 1. The second kappa shape index (κ2) is 9.61. The number of halogens is 4. The molecule has 0 bridgehead atoms. The van der Waals surface area contributed by atoms with Crippen molar-refractivity contribution in [3.63, 3.8) is 0 Å². The van der Waals surface area contributed by atoms with Crippen molar-refractivity contribution in [1.82, 2.24) is 0 Å². The summed E-state index contributed by atoms with van der Waals surface area (Å²) >= 11 is 5.75. The molecule has 29 heavy (non-hydrogen) atoms. The molecular weight excluding hydrogens is 413 g/mol. The molecule has 0 atom stereocenters. The molecule has 0 fully saturated rings. The third-order valence-corrected chi connectivity index (χ3v) is 3.48. The maximum atomic E-state index is 12.1. The lowest BCUT2D eigenvalue weighted by atomic mass is 10.1. The van der Waals surface area contributed by atoms with Gasteiger partial charge in [-0.3, -0.25) is 4.79 Å². The summed E-state index contributed by atoms with van der Waals surface area (Å²) in [5, 5.41) is 11.9. The number of hydrogen-bond donors (Lipinski definition) is 1. The van der Waals surface area contributed by atoms with Gasteiger partial charge < -0.3 is 14.8 Å². The first-order chi connectivity index (χ1) is 13.7. The van der Waals surface area contributed by atoms with E-state index >= 15 is 0 Å². The van der Waals surface area contributed by atoms with Crippen molar-refractivity contribution >= 4 is 35.2 Å². The number of carbonyl (C=O) groups is 2. The van der Waals surface area contributed by atoms with Crippen molar-refractivity contribution in [3.05, 3.63) is 64.7 Å². The zero-order valence-corrected chi connectivity index (χ0v) is 15.3.